The minimum atomic E-state index is -1.36. The van der Waals surface area contributed by atoms with Gasteiger partial charge in [0.1, 0.15) is 11.6 Å². The van der Waals surface area contributed by atoms with E-state index in [2.05, 4.69) is 6.92 Å². The van der Waals surface area contributed by atoms with Crippen molar-refractivity contribution in [2.75, 3.05) is 0 Å². The van der Waals surface area contributed by atoms with Crippen molar-refractivity contribution in [2.45, 2.75) is 39.0 Å². The summed E-state index contributed by atoms with van der Waals surface area (Å²) >= 11 is 0. The molecule has 0 saturated carbocycles. The van der Waals surface area contributed by atoms with Gasteiger partial charge in [-0.15, -0.1) is 0 Å². The minimum Gasteiger partial charge on any atom is -0.449 e. The first-order chi connectivity index (χ1) is 11.1. The van der Waals surface area contributed by atoms with Gasteiger partial charge in [-0.05, 0) is 48.2 Å². The Morgan fingerprint density at radius 3 is 2.48 bits per heavy atom. The van der Waals surface area contributed by atoms with Crippen molar-refractivity contribution < 1.29 is 19.0 Å². The van der Waals surface area contributed by atoms with E-state index in [4.69, 9.17) is 9.84 Å². The summed E-state index contributed by atoms with van der Waals surface area (Å²) in [6, 6.07) is 11.4. The molecule has 0 aliphatic heterocycles. The largest absolute Gasteiger partial charge is 0.511 e. The lowest BCUT2D eigenvalue weighted by Crippen LogP contribution is -2.04. The number of rotatable bonds is 7. The zero-order valence-electron chi connectivity index (χ0n) is 13.2. The Balaban J connectivity index is 2.26. The van der Waals surface area contributed by atoms with Crippen LogP contribution in [0.3, 0.4) is 0 Å². The molecule has 0 fully saturated rings. The first-order valence-electron chi connectivity index (χ1n) is 7.90. The van der Waals surface area contributed by atoms with Crippen molar-refractivity contribution in [1.82, 2.24) is 0 Å². The van der Waals surface area contributed by atoms with Crippen molar-refractivity contribution in [3.8, 4) is 16.9 Å². The van der Waals surface area contributed by atoms with Gasteiger partial charge in [0.2, 0.25) is 0 Å². The van der Waals surface area contributed by atoms with Crippen molar-refractivity contribution in [2.24, 2.45) is 0 Å². The van der Waals surface area contributed by atoms with Gasteiger partial charge in [0.25, 0.3) is 0 Å². The third kappa shape index (κ3) is 5.09. The number of carbonyl (C=O) groups is 1. The third-order valence-corrected chi connectivity index (χ3v) is 3.72. The number of aryl methyl sites for hydroxylation is 1. The fourth-order valence-electron chi connectivity index (χ4n) is 2.53. The molecule has 0 aliphatic rings. The monoisotopic (exact) mass is 316 g/mol. The average Bonchev–Trinajstić information content (AvgIpc) is 2.53. The molecule has 0 aromatic heterocycles. The highest BCUT2D eigenvalue weighted by Crippen LogP contribution is 2.32. The lowest BCUT2D eigenvalue weighted by Gasteiger charge is -2.11. The molecule has 2 rings (SSSR count). The molecule has 0 bridgehead atoms. The Morgan fingerprint density at radius 1 is 1.09 bits per heavy atom. The summed E-state index contributed by atoms with van der Waals surface area (Å²) < 4.78 is 18.0. The van der Waals surface area contributed by atoms with Crippen molar-refractivity contribution in [1.29, 1.82) is 0 Å². The van der Waals surface area contributed by atoms with Crippen LogP contribution in [-0.2, 0) is 6.42 Å². The number of halogens is 1. The highest BCUT2D eigenvalue weighted by atomic mass is 19.1. The second kappa shape index (κ2) is 8.32. The summed E-state index contributed by atoms with van der Waals surface area (Å²) in [4.78, 5) is 10.9. The topological polar surface area (TPSA) is 46.5 Å². The summed E-state index contributed by atoms with van der Waals surface area (Å²) in [7, 11) is 0. The lowest BCUT2D eigenvalue weighted by atomic mass is 9.99. The van der Waals surface area contributed by atoms with Crippen molar-refractivity contribution in [3.63, 3.8) is 0 Å². The molecule has 0 heterocycles. The van der Waals surface area contributed by atoms with Gasteiger partial charge >= 0.3 is 6.16 Å². The molecule has 3 nitrogen and oxygen atoms in total. The maximum atomic E-state index is 13.1. The predicted molar refractivity (Wildman–Crippen MR) is 88.3 cm³/mol. The first-order valence-corrected chi connectivity index (χ1v) is 7.90. The Kier molecular flexibility index (Phi) is 6.15. The number of ether oxygens (including phenoxy) is 1. The number of carboxylic acid groups (broad SMARTS) is 1. The number of hydrogen-bond donors (Lipinski definition) is 1. The normalized spacial score (nSPS) is 10.5. The maximum Gasteiger partial charge on any atom is 0.511 e. The van der Waals surface area contributed by atoms with E-state index >= 15 is 0 Å². The SMILES string of the molecule is CCCCCCc1ccc(OC(=O)O)c(-c2ccc(F)cc2)c1. The molecule has 0 atom stereocenters. The number of unbranched alkanes of at least 4 members (excludes halogenated alkanes) is 3. The molecule has 2 aromatic carbocycles. The molecular weight excluding hydrogens is 295 g/mol. The van der Waals surface area contributed by atoms with E-state index in [-0.39, 0.29) is 11.6 Å². The first kappa shape index (κ1) is 17.0. The van der Waals surface area contributed by atoms with Crippen LogP contribution >= 0.6 is 0 Å². The molecule has 0 amide bonds. The number of hydrogen-bond acceptors (Lipinski definition) is 2. The van der Waals surface area contributed by atoms with Crippen LogP contribution in [-0.4, -0.2) is 11.3 Å². The summed E-state index contributed by atoms with van der Waals surface area (Å²) in [5.41, 5.74) is 2.52. The van der Waals surface area contributed by atoms with E-state index in [1.54, 1.807) is 18.2 Å². The van der Waals surface area contributed by atoms with Crippen LogP contribution in [0.15, 0.2) is 42.5 Å². The summed E-state index contributed by atoms with van der Waals surface area (Å²) in [5, 5.41) is 8.87. The molecule has 0 spiro atoms. The summed E-state index contributed by atoms with van der Waals surface area (Å²) in [5.74, 6) is -0.0633. The van der Waals surface area contributed by atoms with Gasteiger partial charge in [-0.2, -0.15) is 0 Å². The zero-order chi connectivity index (χ0) is 16.7. The van der Waals surface area contributed by atoms with Crippen LogP contribution in [0.25, 0.3) is 11.1 Å². The Hall–Kier alpha value is -2.36. The third-order valence-electron chi connectivity index (χ3n) is 3.72. The van der Waals surface area contributed by atoms with Gasteiger partial charge in [-0.1, -0.05) is 44.4 Å². The van der Waals surface area contributed by atoms with E-state index in [0.29, 0.717) is 5.56 Å². The molecular formula is C19H21FO3. The van der Waals surface area contributed by atoms with E-state index < -0.39 is 6.16 Å². The highest BCUT2D eigenvalue weighted by molar-refractivity contribution is 5.74. The van der Waals surface area contributed by atoms with E-state index in [1.165, 1.54) is 31.4 Å². The lowest BCUT2D eigenvalue weighted by molar-refractivity contribution is 0.144. The molecule has 0 aliphatic carbocycles. The van der Waals surface area contributed by atoms with Gasteiger partial charge in [-0.25, -0.2) is 9.18 Å². The quantitative estimate of drug-likeness (QED) is 0.406. The highest BCUT2D eigenvalue weighted by Gasteiger charge is 2.11. The number of benzene rings is 2. The fraction of sp³-hybridized carbons (Fsp3) is 0.316. The molecule has 2 aromatic rings. The zero-order valence-corrected chi connectivity index (χ0v) is 13.2. The second-order valence-electron chi connectivity index (χ2n) is 5.52. The molecule has 0 radical (unpaired) electrons. The van der Waals surface area contributed by atoms with Gasteiger partial charge in [0.15, 0.2) is 0 Å². The van der Waals surface area contributed by atoms with Gasteiger partial charge in [0.05, 0.1) is 0 Å². The van der Waals surface area contributed by atoms with Gasteiger partial charge in [-0.3, -0.25) is 0 Å². The maximum absolute atomic E-state index is 13.1. The molecule has 1 N–H and O–H groups in total. The molecule has 23 heavy (non-hydrogen) atoms. The van der Waals surface area contributed by atoms with E-state index in [0.717, 1.165) is 24.0 Å². The van der Waals surface area contributed by atoms with Crippen molar-refractivity contribution in [3.05, 3.63) is 53.8 Å². The molecule has 122 valence electrons. The summed E-state index contributed by atoms with van der Waals surface area (Å²) in [6.45, 7) is 2.17. The van der Waals surface area contributed by atoms with Crippen LogP contribution in [0.5, 0.6) is 5.75 Å². The Labute approximate surface area is 135 Å². The van der Waals surface area contributed by atoms with Crippen LogP contribution in [0, 0.1) is 5.82 Å². The van der Waals surface area contributed by atoms with Crippen molar-refractivity contribution >= 4 is 6.16 Å². The molecule has 4 heteroatoms. The molecule has 0 saturated heterocycles. The summed E-state index contributed by atoms with van der Waals surface area (Å²) in [6.07, 6.45) is 4.24. The van der Waals surface area contributed by atoms with Crippen LogP contribution in [0.1, 0.15) is 38.2 Å². The van der Waals surface area contributed by atoms with E-state index in [9.17, 15) is 9.18 Å². The van der Waals surface area contributed by atoms with Crippen LogP contribution in [0.4, 0.5) is 9.18 Å². The average molecular weight is 316 g/mol. The van der Waals surface area contributed by atoms with E-state index in [1.807, 2.05) is 12.1 Å². The Bertz CT molecular complexity index is 650. The Morgan fingerprint density at radius 2 is 1.83 bits per heavy atom. The van der Waals surface area contributed by atoms with Gasteiger partial charge in [0, 0.05) is 5.56 Å². The van der Waals surface area contributed by atoms with Crippen LogP contribution < -0.4 is 4.74 Å². The minimum absolute atomic E-state index is 0.265. The fourth-order valence-corrected chi connectivity index (χ4v) is 2.53. The predicted octanol–water partition coefficient (Wildman–Crippen LogP) is 5.67. The molecule has 0 unspecified atom stereocenters. The smallest absolute Gasteiger partial charge is 0.449 e. The standard InChI is InChI=1S/C19H21FO3/c1-2-3-4-5-6-14-7-12-18(23-19(21)22)17(13-14)15-8-10-16(20)11-9-15/h7-13H,2-6H2,1H3,(H,21,22). The van der Waals surface area contributed by atoms with Crippen LogP contribution in [0.2, 0.25) is 0 Å². The second-order valence-corrected chi connectivity index (χ2v) is 5.52. The van der Waals surface area contributed by atoms with Gasteiger partial charge < -0.3 is 9.84 Å².